The van der Waals surface area contributed by atoms with Gasteiger partial charge in [0.2, 0.25) is 5.13 Å². The van der Waals surface area contributed by atoms with Gasteiger partial charge >= 0.3 is 0 Å². The molecule has 2 aromatic rings. The third kappa shape index (κ3) is 3.77. The molecule has 0 N–H and O–H groups in total. The van der Waals surface area contributed by atoms with E-state index >= 15 is 0 Å². The molecule has 0 radical (unpaired) electrons. The average Bonchev–Trinajstić information content (AvgIpc) is 2.86. The zero-order valence-electron chi connectivity index (χ0n) is 11.7. The second-order valence-electron chi connectivity index (χ2n) is 4.52. The highest BCUT2D eigenvalue weighted by Gasteiger charge is 2.10. The first-order valence-corrected chi connectivity index (χ1v) is 7.78. The van der Waals surface area contributed by atoms with Crippen LogP contribution in [0.1, 0.15) is 39.5 Å². The van der Waals surface area contributed by atoms with Crippen LogP contribution in [0.15, 0.2) is 29.4 Å². The molecule has 0 spiro atoms. The summed E-state index contributed by atoms with van der Waals surface area (Å²) in [6.07, 6.45) is 6.83. The van der Waals surface area contributed by atoms with Gasteiger partial charge in [0.25, 0.3) is 0 Å². The number of hydrazone groups is 1. The van der Waals surface area contributed by atoms with Crippen LogP contribution in [-0.2, 0) is 0 Å². The van der Waals surface area contributed by atoms with Gasteiger partial charge in [-0.2, -0.15) is 5.10 Å². The minimum Gasteiger partial charge on any atom is -0.239 e. The molecule has 1 aromatic heterocycles. The zero-order valence-corrected chi connectivity index (χ0v) is 12.5. The second kappa shape index (κ2) is 7.24. The minimum absolute atomic E-state index is 0.949. The van der Waals surface area contributed by atoms with E-state index in [4.69, 9.17) is 0 Å². The molecule has 19 heavy (non-hydrogen) atoms. The molecule has 0 bridgehead atoms. The van der Waals surface area contributed by atoms with Crippen molar-refractivity contribution in [3.05, 3.63) is 24.3 Å². The van der Waals surface area contributed by atoms with E-state index in [0.29, 0.717) is 0 Å². The van der Waals surface area contributed by atoms with Crippen LogP contribution in [0, 0.1) is 0 Å². The highest BCUT2D eigenvalue weighted by molar-refractivity contribution is 7.22. The number of fused-ring (bicyclic) bond motifs is 1. The lowest BCUT2D eigenvalue weighted by atomic mass is 10.2. The fourth-order valence-electron chi connectivity index (χ4n) is 2.00. The van der Waals surface area contributed by atoms with Crippen LogP contribution < -0.4 is 5.01 Å². The van der Waals surface area contributed by atoms with Crippen molar-refractivity contribution < 1.29 is 0 Å². The van der Waals surface area contributed by atoms with Crippen LogP contribution in [-0.4, -0.2) is 17.7 Å². The van der Waals surface area contributed by atoms with E-state index in [1.54, 1.807) is 11.3 Å². The van der Waals surface area contributed by atoms with Gasteiger partial charge in [-0.05, 0) is 25.5 Å². The molecule has 0 unspecified atom stereocenters. The third-order valence-electron chi connectivity index (χ3n) is 2.98. The number of aromatic nitrogens is 1. The molecule has 0 aliphatic carbocycles. The summed E-state index contributed by atoms with van der Waals surface area (Å²) in [5.74, 6) is 0. The Morgan fingerprint density at radius 3 is 2.84 bits per heavy atom. The highest BCUT2D eigenvalue weighted by Crippen LogP contribution is 2.28. The Bertz CT molecular complexity index is 500. The first-order valence-electron chi connectivity index (χ1n) is 6.97. The summed E-state index contributed by atoms with van der Waals surface area (Å²) in [5.41, 5.74) is 1.06. The Kier molecular flexibility index (Phi) is 5.33. The quantitative estimate of drug-likeness (QED) is 0.416. The number of hydrogen-bond acceptors (Lipinski definition) is 4. The Morgan fingerprint density at radius 2 is 2.11 bits per heavy atom. The maximum Gasteiger partial charge on any atom is 0.207 e. The van der Waals surface area contributed by atoms with Crippen LogP contribution in [0.5, 0.6) is 0 Å². The second-order valence-corrected chi connectivity index (χ2v) is 5.53. The summed E-state index contributed by atoms with van der Waals surface area (Å²) >= 11 is 1.71. The van der Waals surface area contributed by atoms with Crippen molar-refractivity contribution in [1.29, 1.82) is 0 Å². The van der Waals surface area contributed by atoms with E-state index in [9.17, 15) is 0 Å². The van der Waals surface area contributed by atoms with Crippen LogP contribution in [0.25, 0.3) is 10.2 Å². The molecule has 0 amide bonds. The molecule has 0 aliphatic heterocycles. The summed E-state index contributed by atoms with van der Waals surface area (Å²) in [6.45, 7) is 5.13. The Morgan fingerprint density at radius 1 is 1.26 bits per heavy atom. The molecular formula is C15H21N3S. The van der Waals surface area contributed by atoms with Crippen molar-refractivity contribution in [3.63, 3.8) is 0 Å². The zero-order chi connectivity index (χ0) is 13.5. The lowest BCUT2D eigenvalue weighted by Crippen LogP contribution is -2.17. The van der Waals surface area contributed by atoms with Gasteiger partial charge in [-0.15, -0.1) is 0 Å². The number of benzene rings is 1. The molecule has 0 saturated heterocycles. The van der Waals surface area contributed by atoms with Gasteiger partial charge in [-0.3, -0.25) is 0 Å². The predicted octanol–water partition coefficient (Wildman–Crippen LogP) is 4.69. The lowest BCUT2D eigenvalue weighted by molar-refractivity contribution is 0.651. The van der Waals surface area contributed by atoms with Gasteiger partial charge in [0.05, 0.1) is 10.2 Å². The SMILES string of the molecule is C/C=N/N(CCCCCC)c1nc2ccccc2s1. The van der Waals surface area contributed by atoms with Gasteiger partial charge in [-0.25, -0.2) is 9.99 Å². The van der Waals surface area contributed by atoms with Crippen LogP contribution >= 0.6 is 11.3 Å². The number of rotatable bonds is 7. The van der Waals surface area contributed by atoms with Crippen LogP contribution in [0.3, 0.4) is 0 Å². The fourth-order valence-corrected chi connectivity index (χ4v) is 2.95. The normalized spacial score (nSPS) is 11.5. The van der Waals surface area contributed by atoms with E-state index in [-0.39, 0.29) is 0 Å². The van der Waals surface area contributed by atoms with Crippen molar-refractivity contribution in [2.75, 3.05) is 11.6 Å². The Balaban J connectivity index is 2.09. The average molecular weight is 275 g/mol. The third-order valence-corrected chi connectivity index (χ3v) is 4.03. The van der Waals surface area contributed by atoms with Gasteiger partial charge in [-0.1, -0.05) is 49.7 Å². The van der Waals surface area contributed by atoms with Gasteiger partial charge in [0.15, 0.2) is 0 Å². The molecule has 0 atom stereocenters. The number of unbranched alkanes of at least 4 members (excludes halogenated alkanes) is 3. The number of thiazole rings is 1. The van der Waals surface area contributed by atoms with Crippen molar-refractivity contribution in [2.45, 2.75) is 39.5 Å². The maximum atomic E-state index is 4.66. The van der Waals surface area contributed by atoms with E-state index in [2.05, 4.69) is 35.2 Å². The predicted molar refractivity (Wildman–Crippen MR) is 85.3 cm³/mol. The first kappa shape index (κ1) is 14.0. The van der Waals surface area contributed by atoms with Gasteiger partial charge in [0.1, 0.15) is 0 Å². The van der Waals surface area contributed by atoms with Crippen LogP contribution in [0.2, 0.25) is 0 Å². The van der Waals surface area contributed by atoms with Crippen molar-refractivity contribution in [3.8, 4) is 0 Å². The van der Waals surface area contributed by atoms with E-state index in [1.807, 2.05) is 24.2 Å². The summed E-state index contributed by atoms with van der Waals surface area (Å²) in [6, 6.07) is 8.25. The molecule has 0 fully saturated rings. The lowest BCUT2D eigenvalue weighted by Gasteiger charge is -2.14. The number of anilines is 1. The molecule has 0 saturated carbocycles. The smallest absolute Gasteiger partial charge is 0.207 e. The van der Waals surface area contributed by atoms with Crippen molar-refractivity contribution >= 4 is 32.9 Å². The summed E-state index contributed by atoms with van der Waals surface area (Å²) < 4.78 is 1.22. The number of para-hydroxylation sites is 1. The molecule has 0 aliphatic rings. The number of nitrogens with zero attached hydrogens (tertiary/aromatic N) is 3. The maximum absolute atomic E-state index is 4.66. The van der Waals surface area contributed by atoms with Crippen molar-refractivity contribution in [1.82, 2.24) is 4.98 Å². The van der Waals surface area contributed by atoms with Gasteiger partial charge in [0, 0.05) is 12.8 Å². The highest BCUT2D eigenvalue weighted by atomic mass is 32.1. The first-order chi connectivity index (χ1) is 9.35. The molecule has 3 nitrogen and oxygen atoms in total. The topological polar surface area (TPSA) is 28.5 Å². The summed E-state index contributed by atoms with van der Waals surface area (Å²) in [5, 5.41) is 7.47. The summed E-state index contributed by atoms with van der Waals surface area (Å²) in [7, 11) is 0. The van der Waals surface area contributed by atoms with E-state index in [0.717, 1.165) is 17.2 Å². The molecule has 4 heteroatoms. The fraction of sp³-hybridized carbons (Fsp3) is 0.467. The van der Waals surface area contributed by atoms with E-state index < -0.39 is 0 Å². The molecule has 2 rings (SSSR count). The number of hydrogen-bond donors (Lipinski definition) is 0. The molecule has 1 heterocycles. The largest absolute Gasteiger partial charge is 0.239 e. The Hall–Kier alpha value is -1.42. The van der Waals surface area contributed by atoms with E-state index in [1.165, 1.54) is 30.4 Å². The molecule has 102 valence electrons. The van der Waals surface area contributed by atoms with Crippen molar-refractivity contribution in [2.24, 2.45) is 5.10 Å². The standard InChI is InChI=1S/C15H21N3S/c1-3-5-6-9-12-18(16-4-2)15-17-13-10-7-8-11-14(13)19-15/h4,7-8,10-11H,3,5-6,9,12H2,1-2H3/b16-4+. The van der Waals surface area contributed by atoms with Gasteiger partial charge < -0.3 is 0 Å². The monoisotopic (exact) mass is 275 g/mol. The molecular weight excluding hydrogens is 254 g/mol. The van der Waals surface area contributed by atoms with Crippen LogP contribution in [0.4, 0.5) is 5.13 Å². The minimum atomic E-state index is 0.949. The Labute approximate surface area is 119 Å². The molecule has 1 aromatic carbocycles. The summed E-state index contributed by atoms with van der Waals surface area (Å²) in [4.78, 5) is 4.66.